The SMILES string of the molecule is CCCCC/C=C\C/C=C\CC(O)/C=C\C=C\CCCC(=O)OC[C@H](COP(=O)([O-])OCC[N+](C)(C)C)O/C=C/CCCCCCCC/C=C\CCCCCC. The maximum Gasteiger partial charge on any atom is 0.305 e. The van der Waals surface area contributed by atoms with Gasteiger partial charge in [-0.3, -0.25) is 9.36 Å². The number of hydrogen-bond donors (Lipinski definition) is 1. The maximum atomic E-state index is 12.5. The number of likely N-dealkylation sites (N-methyl/N-ethyl adjacent to an activating group) is 1. The van der Waals surface area contributed by atoms with Crippen molar-refractivity contribution < 1.29 is 42.4 Å². The van der Waals surface area contributed by atoms with Crippen LogP contribution < -0.4 is 4.89 Å². The monoisotopic (exact) mass is 808 g/mol. The Morgan fingerprint density at radius 3 is 1.89 bits per heavy atom. The molecule has 324 valence electrons. The molecule has 0 aliphatic carbocycles. The Hall–Kier alpha value is -2.26. The molecule has 0 aliphatic rings. The van der Waals surface area contributed by atoms with Gasteiger partial charge in [0.2, 0.25) is 0 Å². The second-order valence-corrected chi connectivity index (χ2v) is 17.0. The third-order valence-corrected chi connectivity index (χ3v) is 9.86. The lowest BCUT2D eigenvalue weighted by molar-refractivity contribution is -0.870. The van der Waals surface area contributed by atoms with Crippen molar-refractivity contribution in [2.45, 2.75) is 167 Å². The minimum atomic E-state index is -4.55. The first-order chi connectivity index (χ1) is 27.0. The van der Waals surface area contributed by atoms with Gasteiger partial charge in [-0.05, 0) is 83.1 Å². The van der Waals surface area contributed by atoms with Crippen molar-refractivity contribution in [3.05, 3.63) is 73.1 Å². The summed E-state index contributed by atoms with van der Waals surface area (Å²) in [6.45, 7) is 4.48. The van der Waals surface area contributed by atoms with Crippen molar-refractivity contribution in [3.8, 4) is 0 Å². The van der Waals surface area contributed by atoms with Crippen molar-refractivity contribution >= 4 is 13.8 Å². The summed E-state index contributed by atoms with van der Waals surface area (Å²) in [7, 11) is 1.27. The van der Waals surface area contributed by atoms with Crippen LogP contribution in [0.25, 0.3) is 0 Å². The topological polar surface area (TPSA) is 114 Å². The van der Waals surface area contributed by atoms with E-state index in [-0.39, 0.29) is 26.2 Å². The molecule has 0 fully saturated rings. The summed E-state index contributed by atoms with van der Waals surface area (Å²) < 4.78 is 34.2. The zero-order valence-electron chi connectivity index (χ0n) is 36.2. The summed E-state index contributed by atoms with van der Waals surface area (Å²) in [6, 6.07) is 0. The second kappa shape index (κ2) is 38.3. The molecule has 0 amide bonds. The van der Waals surface area contributed by atoms with E-state index in [1.807, 2.05) is 51.5 Å². The van der Waals surface area contributed by atoms with E-state index < -0.39 is 26.0 Å². The molecule has 0 radical (unpaired) electrons. The highest BCUT2D eigenvalue weighted by Gasteiger charge is 2.19. The van der Waals surface area contributed by atoms with E-state index in [0.717, 1.165) is 32.1 Å². The van der Waals surface area contributed by atoms with Crippen LogP contribution in [0.4, 0.5) is 0 Å². The van der Waals surface area contributed by atoms with Crippen LogP contribution in [0.1, 0.15) is 155 Å². The first kappa shape index (κ1) is 53.7. The summed E-state index contributed by atoms with van der Waals surface area (Å²) >= 11 is 0. The zero-order chi connectivity index (χ0) is 41.4. The number of carbonyl (C=O) groups is 1. The Kier molecular flexibility index (Phi) is 36.7. The normalized spacial score (nSPS) is 15.0. The quantitative estimate of drug-likeness (QED) is 0.0124. The number of quaternary nitrogens is 1. The van der Waals surface area contributed by atoms with E-state index >= 15 is 0 Å². The van der Waals surface area contributed by atoms with Crippen LogP contribution >= 0.6 is 7.82 Å². The summed E-state index contributed by atoms with van der Waals surface area (Å²) in [5.74, 6) is -0.396. The number of ether oxygens (including phenoxy) is 2. The van der Waals surface area contributed by atoms with Crippen LogP contribution in [0.3, 0.4) is 0 Å². The number of unbranched alkanes of at least 4 members (excludes halogenated alkanes) is 15. The van der Waals surface area contributed by atoms with E-state index in [4.69, 9.17) is 18.5 Å². The highest BCUT2D eigenvalue weighted by atomic mass is 31.2. The molecule has 9 nitrogen and oxygen atoms in total. The number of phosphoric acid groups is 1. The van der Waals surface area contributed by atoms with Crippen molar-refractivity contribution in [2.75, 3.05) is 47.5 Å². The molecule has 0 spiro atoms. The Morgan fingerprint density at radius 1 is 0.679 bits per heavy atom. The molecule has 0 saturated carbocycles. The molecule has 3 atom stereocenters. The second-order valence-electron chi connectivity index (χ2n) is 15.6. The predicted octanol–water partition coefficient (Wildman–Crippen LogP) is 11.4. The number of phosphoric ester groups is 1. The number of aliphatic hydroxyl groups is 1. The van der Waals surface area contributed by atoms with Crippen LogP contribution in [0.5, 0.6) is 0 Å². The Balaban J connectivity index is 4.50. The fourth-order valence-electron chi connectivity index (χ4n) is 5.36. The van der Waals surface area contributed by atoms with Crippen LogP contribution in [-0.4, -0.2) is 75.3 Å². The average Bonchev–Trinajstić information content (AvgIpc) is 3.15. The number of rotatable bonds is 39. The van der Waals surface area contributed by atoms with Gasteiger partial charge in [-0.25, -0.2) is 0 Å². The maximum absolute atomic E-state index is 12.5. The van der Waals surface area contributed by atoms with Gasteiger partial charge >= 0.3 is 5.97 Å². The minimum absolute atomic E-state index is 0.000454. The van der Waals surface area contributed by atoms with E-state index in [9.17, 15) is 19.4 Å². The molecule has 56 heavy (non-hydrogen) atoms. The zero-order valence-corrected chi connectivity index (χ0v) is 37.1. The number of hydrogen-bond acceptors (Lipinski definition) is 8. The molecule has 10 heteroatoms. The van der Waals surface area contributed by atoms with Gasteiger partial charge in [0, 0.05) is 6.42 Å². The number of aliphatic hydroxyl groups excluding tert-OH is 1. The van der Waals surface area contributed by atoms with E-state index in [2.05, 4.69) is 44.2 Å². The van der Waals surface area contributed by atoms with Crippen LogP contribution in [0.15, 0.2) is 73.1 Å². The summed E-state index contributed by atoms with van der Waals surface area (Å²) in [6.07, 6.45) is 46.1. The minimum Gasteiger partial charge on any atom is -0.756 e. The average molecular weight is 808 g/mol. The fraction of sp³-hybridized carbons (Fsp3) is 0.717. The lowest BCUT2D eigenvalue weighted by Crippen LogP contribution is -2.37. The molecule has 0 bridgehead atoms. The highest BCUT2D eigenvalue weighted by Crippen LogP contribution is 2.38. The molecular formula is C46H82NO8P. The van der Waals surface area contributed by atoms with Gasteiger partial charge in [-0.15, -0.1) is 0 Å². The Bertz CT molecular complexity index is 1140. The van der Waals surface area contributed by atoms with Crippen LogP contribution in [0.2, 0.25) is 0 Å². The molecule has 0 heterocycles. The molecule has 0 aliphatic heterocycles. The first-order valence-electron chi connectivity index (χ1n) is 21.8. The lowest BCUT2D eigenvalue weighted by Gasteiger charge is -2.28. The predicted molar refractivity (Wildman–Crippen MR) is 232 cm³/mol. The van der Waals surface area contributed by atoms with Gasteiger partial charge in [0.25, 0.3) is 7.82 Å². The van der Waals surface area contributed by atoms with Crippen LogP contribution in [0, 0.1) is 0 Å². The standard InChI is InChI=1S/C46H82NO8P/c1-6-8-10-12-14-16-17-18-19-20-21-22-24-26-31-35-40-52-45(43-55-56(50,51)54-41-39-47(3,4)5)42-53-46(49)38-34-30-27-29-33-37-44(48)36-32-28-25-23-15-13-11-9-7-2/h15-17,23,27-29,32-33,35,37,40,44-45,48H,6-14,18-22,24-26,30-31,34,36,38-39,41-43H2,1-5H3/b17-16-,23-15-,29-27+,32-28-,37-33-,40-35+/t44?,45-/m1/s1. The lowest BCUT2D eigenvalue weighted by atomic mass is 10.1. The Labute approximate surface area is 343 Å². The molecule has 1 N–H and O–H groups in total. The third-order valence-electron chi connectivity index (χ3n) is 8.90. The summed E-state index contributed by atoms with van der Waals surface area (Å²) in [5, 5.41) is 10.1. The van der Waals surface area contributed by atoms with Crippen LogP contribution in [-0.2, 0) is 27.9 Å². The summed E-state index contributed by atoms with van der Waals surface area (Å²) in [4.78, 5) is 24.8. The summed E-state index contributed by atoms with van der Waals surface area (Å²) in [5.41, 5.74) is 0. The highest BCUT2D eigenvalue weighted by molar-refractivity contribution is 7.45. The van der Waals surface area contributed by atoms with Crippen molar-refractivity contribution in [3.63, 3.8) is 0 Å². The number of carbonyl (C=O) groups excluding carboxylic acids is 1. The largest absolute Gasteiger partial charge is 0.756 e. The van der Waals surface area contributed by atoms with Gasteiger partial charge in [0.05, 0.1) is 40.1 Å². The van der Waals surface area contributed by atoms with Crippen molar-refractivity contribution in [1.82, 2.24) is 0 Å². The van der Waals surface area contributed by atoms with Gasteiger partial charge < -0.3 is 33.0 Å². The first-order valence-corrected chi connectivity index (χ1v) is 23.3. The van der Waals surface area contributed by atoms with Gasteiger partial charge in [-0.1, -0.05) is 132 Å². The number of esters is 1. The molecule has 0 rings (SSSR count). The third kappa shape index (κ3) is 41.4. The molecule has 0 aromatic rings. The van der Waals surface area contributed by atoms with Gasteiger partial charge in [0.15, 0.2) is 6.10 Å². The molecule has 0 saturated heterocycles. The molecule has 2 unspecified atom stereocenters. The smallest absolute Gasteiger partial charge is 0.305 e. The van der Waals surface area contributed by atoms with Crippen molar-refractivity contribution in [2.24, 2.45) is 0 Å². The molecular weight excluding hydrogens is 725 g/mol. The van der Waals surface area contributed by atoms with Gasteiger partial charge in [-0.2, -0.15) is 0 Å². The van der Waals surface area contributed by atoms with Gasteiger partial charge in [0.1, 0.15) is 19.8 Å². The van der Waals surface area contributed by atoms with E-state index in [1.165, 1.54) is 83.5 Å². The fourth-order valence-corrected chi connectivity index (χ4v) is 6.09. The van der Waals surface area contributed by atoms with Crippen molar-refractivity contribution in [1.29, 1.82) is 0 Å². The Morgan fingerprint density at radius 2 is 1.23 bits per heavy atom. The number of allylic oxidation sites excluding steroid dienone is 9. The molecule has 0 aromatic heterocycles. The molecule has 0 aromatic carbocycles. The van der Waals surface area contributed by atoms with E-state index in [0.29, 0.717) is 30.3 Å². The number of nitrogens with zero attached hydrogens (tertiary/aromatic N) is 1. The van der Waals surface area contributed by atoms with E-state index in [1.54, 1.807) is 12.3 Å².